The Kier molecular flexibility index (Phi) is 4.88. The predicted molar refractivity (Wildman–Crippen MR) is 87.0 cm³/mol. The number of ether oxygens (including phenoxy) is 1. The van der Waals surface area contributed by atoms with Gasteiger partial charge in [-0.25, -0.2) is 0 Å². The summed E-state index contributed by atoms with van der Waals surface area (Å²) in [4.78, 5) is 24.4. The first-order chi connectivity index (χ1) is 11.2. The number of benzene rings is 1. The number of pyridine rings is 1. The predicted octanol–water partition coefficient (Wildman–Crippen LogP) is 1.74. The molecule has 1 saturated heterocycles. The van der Waals surface area contributed by atoms with E-state index in [1.54, 1.807) is 16.8 Å². The zero-order valence-corrected chi connectivity index (χ0v) is 12.9. The van der Waals surface area contributed by atoms with Crippen molar-refractivity contribution in [2.24, 2.45) is 5.92 Å². The first-order valence-electron chi connectivity index (χ1n) is 7.82. The first-order valence-corrected chi connectivity index (χ1v) is 7.82. The summed E-state index contributed by atoms with van der Waals surface area (Å²) in [6.45, 7) is 1.51. The highest BCUT2D eigenvalue weighted by Gasteiger charge is 2.26. The van der Waals surface area contributed by atoms with E-state index >= 15 is 0 Å². The fourth-order valence-electron chi connectivity index (χ4n) is 2.76. The van der Waals surface area contributed by atoms with Crippen molar-refractivity contribution in [1.82, 2.24) is 9.88 Å². The molecule has 0 unspecified atom stereocenters. The number of hydrogen-bond donors (Lipinski definition) is 1. The molecular formula is C18H20N2O3. The zero-order valence-electron chi connectivity index (χ0n) is 12.9. The standard InChI is InChI=1S/C18H20N2O3/c21-17-8-4-5-10-20(17)12-16(14-6-2-1-3-7-14)19-18(22)15-9-11-23-13-15/h1-8,10,15-16H,9,11-13H2,(H,19,22)/t15-,16+/m0/s1. The summed E-state index contributed by atoms with van der Waals surface area (Å²) in [7, 11) is 0. The van der Waals surface area contributed by atoms with Crippen molar-refractivity contribution in [3.05, 3.63) is 70.6 Å². The molecule has 2 aromatic rings. The maximum absolute atomic E-state index is 12.4. The molecule has 2 heterocycles. The van der Waals surface area contributed by atoms with Crippen molar-refractivity contribution in [3.8, 4) is 0 Å². The van der Waals surface area contributed by atoms with Crippen molar-refractivity contribution in [3.63, 3.8) is 0 Å². The molecule has 0 aliphatic carbocycles. The molecule has 1 aromatic heterocycles. The minimum absolute atomic E-state index is 0.0136. The van der Waals surface area contributed by atoms with Gasteiger partial charge < -0.3 is 14.6 Å². The number of rotatable bonds is 5. The molecule has 2 atom stereocenters. The van der Waals surface area contributed by atoms with Crippen LogP contribution in [0.5, 0.6) is 0 Å². The molecule has 5 nitrogen and oxygen atoms in total. The van der Waals surface area contributed by atoms with Gasteiger partial charge in [-0.15, -0.1) is 0 Å². The van der Waals surface area contributed by atoms with E-state index in [9.17, 15) is 9.59 Å². The van der Waals surface area contributed by atoms with Gasteiger partial charge in [-0.3, -0.25) is 9.59 Å². The summed E-state index contributed by atoms with van der Waals surface area (Å²) in [5.74, 6) is -0.117. The minimum Gasteiger partial charge on any atom is -0.381 e. The summed E-state index contributed by atoms with van der Waals surface area (Å²) in [6.07, 6.45) is 2.49. The van der Waals surface area contributed by atoms with Crippen molar-refractivity contribution < 1.29 is 9.53 Å². The summed E-state index contributed by atoms with van der Waals surface area (Å²) in [6, 6.07) is 14.5. The lowest BCUT2D eigenvalue weighted by molar-refractivity contribution is -0.125. The highest BCUT2D eigenvalue weighted by Crippen LogP contribution is 2.18. The second kappa shape index (κ2) is 7.24. The Hall–Kier alpha value is -2.40. The van der Waals surface area contributed by atoms with Gasteiger partial charge in [0.1, 0.15) is 0 Å². The van der Waals surface area contributed by atoms with Crippen LogP contribution in [0.1, 0.15) is 18.0 Å². The van der Waals surface area contributed by atoms with Crippen LogP contribution in [0.15, 0.2) is 59.5 Å². The fraction of sp³-hybridized carbons (Fsp3) is 0.333. The van der Waals surface area contributed by atoms with Gasteiger partial charge in [0, 0.05) is 18.9 Å². The number of aromatic nitrogens is 1. The summed E-state index contributed by atoms with van der Waals surface area (Å²) >= 11 is 0. The quantitative estimate of drug-likeness (QED) is 0.915. The Morgan fingerprint density at radius 2 is 2.00 bits per heavy atom. The van der Waals surface area contributed by atoms with Gasteiger partial charge in [0.25, 0.3) is 5.56 Å². The third-order valence-electron chi connectivity index (χ3n) is 4.10. The normalized spacial score (nSPS) is 18.5. The highest BCUT2D eigenvalue weighted by atomic mass is 16.5. The lowest BCUT2D eigenvalue weighted by atomic mass is 10.0. The molecule has 5 heteroatoms. The number of amides is 1. The smallest absolute Gasteiger partial charge is 0.250 e. The molecule has 1 aliphatic rings. The van der Waals surface area contributed by atoms with Gasteiger partial charge in [0.05, 0.1) is 25.1 Å². The first kappa shape index (κ1) is 15.5. The van der Waals surface area contributed by atoms with Gasteiger partial charge >= 0.3 is 0 Å². The van der Waals surface area contributed by atoms with Gasteiger partial charge in [-0.1, -0.05) is 36.4 Å². The van der Waals surface area contributed by atoms with Crippen LogP contribution < -0.4 is 10.9 Å². The van der Waals surface area contributed by atoms with Crippen LogP contribution in [0.4, 0.5) is 0 Å². The topological polar surface area (TPSA) is 60.3 Å². The van der Waals surface area contributed by atoms with Crippen LogP contribution in [-0.2, 0) is 16.1 Å². The van der Waals surface area contributed by atoms with E-state index in [-0.39, 0.29) is 23.4 Å². The molecule has 0 saturated carbocycles. The van der Waals surface area contributed by atoms with Crippen LogP contribution in [-0.4, -0.2) is 23.7 Å². The average molecular weight is 312 g/mol. The van der Waals surface area contributed by atoms with Crippen molar-refractivity contribution in [1.29, 1.82) is 0 Å². The lowest BCUT2D eigenvalue weighted by Gasteiger charge is -2.22. The minimum atomic E-state index is -0.246. The highest BCUT2D eigenvalue weighted by molar-refractivity contribution is 5.79. The Bertz CT molecular complexity index is 705. The molecule has 120 valence electrons. The number of nitrogens with one attached hydrogen (secondary N) is 1. The van der Waals surface area contributed by atoms with Crippen LogP contribution in [0.3, 0.4) is 0 Å². The Labute approximate surface area is 134 Å². The average Bonchev–Trinajstić information content (AvgIpc) is 3.11. The molecule has 1 fully saturated rings. The monoisotopic (exact) mass is 312 g/mol. The molecule has 0 spiro atoms. The maximum atomic E-state index is 12.4. The molecule has 1 aromatic carbocycles. The molecule has 1 aliphatic heterocycles. The van der Waals surface area contributed by atoms with Crippen molar-refractivity contribution in [2.45, 2.75) is 19.0 Å². The zero-order chi connectivity index (χ0) is 16.1. The van der Waals surface area contributed by atoms with Gasteiger partial charge in [-0.05, 0) is 18.1 Å². The fourth-order valence-corrected chi connectivity index (χ4v) is 2.76. The molecule has 23 heavy (non-hydrogen) atoms. The van der Waals surface area contributed by atoms with Crippen LogP contribution in [0.25, 0.3) is 0 Å². The van der Waals surface area contributed by atoms with Crippen molar-refractivity contribution in [2.75, 3.05) is 13.2 Å². The second-order valence-electron chi connectivity index (χ2n) is 5.72. The molecule has 0 radical (unpaired) electrons. The maximum Gasteiger partial charge on any atom is 0.250 e. The second-order valence-corrected chi connectivity index (χ2v) is 5.72. The van der Waals surface area contributed by atoms with E-state index in [4.69, 9.17) is 4.74 Å². The Morgan fingerprint density at radius 3 is 2.70 bits per heavy atom. The Morgan fingerprint density at radius 1 is 1.22 bits per heavy atom. The summed E-state index contributed by atoms with van der Waals surface area (Å²) < 4.78 is 6.90. The molecule has 3 rings (SSSR count). The van der Waals surface area contributed by atoms with E-state index in [2.05, 4.69) is 5.32 Å². The van der Waals surface area contributed by atoms with Gasteiger partial charge in [0.15, 0.2) is 0 Å². The van der Waals surface area contributed by atoms with Crippen LogP contribution in [0.2, 0.25) is 0 Å². The lowest BCUT2D eigenvalue weighted by Crippen LogP contribution is -2.37. The SMILES string of the molecule is O=C(N[C@H](Cn1ccccc1=O)c1ccccc1)[C@H]1CCOC1. The molecule has 0 bridgehead atoms. The third-order valence-corrected chi connectivity index (χ3v) is 4.10. The van der Waals surface area contributed by atoms with Crippen molar-refractivity contribution >= 4 is 5.91 Å². The summed E-state index contributed by atoms with van der Waals surface area (Å²) in [5, 5.41) is 3.07. The third kappa shape index (κ3) is 3.87. The van der Waals surface area contributed by atoms with Gasteiger partial charge in [0.2, 0.25) is 5.91 Å². The largest absolute Gasteiger partial charge is 0.381 e. The molecule has 1 N–H and O–H groups in total. The number of carbonyl (C=O) groups is 1. The van der Waals surface area contributed by atoms with E-state index in [1.807, 2.05) is 36.4 Å². The Balaban J connectivity index is 1.80. The van der Waals surface area contributed by atoms with E-state index in [0.717, 1.165) is 12.0 Å². The van der Waals surface area contributed by atoms with E-state index < -0.39 is 0 Å². The molecule has 1 amide bonds. The van der Waals surface area contributed by atoms with E-state index in [0.29, 0.717) is 19.8 Å². The number of carbonyl (C=O) groups excluding carboxylic acids is 1. The van der Waals surface area contributed by atoms with Gasteiger partial charge in [-0.2, -0.15) is 0 Å². The molecular weight excluding hydrogens is 292 g/mol. The summed E-state index contributed by atoms with van der Waals surface area (Å²) in [5.41, 5.74) is 0.905. The van der Waals surface area contributed by atoms with E-state index in [1.165, 1.54) is 6.07 Å². The van der Waals surface area contributed by atoms with Crippen LogP contribution >= 0.6 is 0 Å². The number of nitrogens with zero attached hydrogens (tertiary/aromatic N) is 1. The van der Waals surface area contributed by atoms with Crippen LogP contribution in [0, 0.1) is 5.92 Å². The number of hydrogen-bond acceptors (Lipinski definition) is 3.